The summed E-state index contributed by atoms with van der Waals surface area (Å²) in [6.07, 6.45) is 2.39. The largest absolute Gasteiger partial charge is 0.388 e. The van der Waals surface area contributed by atoms with Crippen LogP contribution in [-0.4, -0.2) is 12.2 Å². The minimum atomic E-state index is -0.393. The van der Waals surface area contributed by atoms with E-state index in [-0.39, 0.29) is 0 Å². The van der Waals surface area contributed by atoms with Gasteiger partial charge in [0.15, 0.2) is 0 Å². The number of methoxy groups -OCH3 is 1. The van der Waals surface area contributed by atoms with Crippen molar-refractivity contribution in [2.45, 2.75) is 32.0 Å². The molecule has 1 N–H and O–H groups in total. The van der Waals surface area contributed by atoms with Crippen molar-refractivity contribution in [1.82, 2.24) is 0 Å². The Hall–Kier alpha value is -1.64. The molecule has 0 aliphatic carbocycles. The maximum Gasteiger partial charge on any atom is 0.0790 e. The molecule has 2 aromatic carbocycles. The van der Waals surface area contributed by atoms with E-state index in [2.05, 4.69) is 24.3 Å². The Morgan fingerprint density at radius 1 is 1.00 bits per heavy atom. The number of benzene rings is 2. The lowest BCUT2D eigenvalue weighted by molar-refractivity contribution is 0.163. The molecule has 2 aromatic rings. The van der Waals surface area contributed by atoms with Gasteiger partial charge in [-0.05, 0) is 36.0 Å². The van der Waals surface area contributed by atoms with Crippen LogP contribution in [0.2, 0.25) is 0 Å². The Labute approximate surface area is 121 Å². The first-order chi connectivity index (χ1) is 9.79. The molecular weight excluding hydrogens is 248 g/mol. The molecule has 20 heavy (non-hydrogen) atoms. The van der Waals surface area contributed by atoms with Crippen LogP contribution in [0.1, 0.15) is 35.6 Å². The molecule has 1 unspecified atom stereocenters. The summed E-state index contributed by atoms with van der Waals surface area (Å²) in [4.78, 5) is 0. The number of aryl methyl sites for hydroxylation is 1. The van der Waals surface area contributed by atoms with Gasteiger partial charge in [0.05, 0.1) is 12.7 Å². The summed E-state index contributed by atoms with van der Waals surface area (Å²) in [6, 6.07) is 18.4. The summed E-state index contributed by atoms with van der Waals surface area (Å²) in [5.74, 6) is 0. The smallest absolute Gasteiger partial charge is 0.0790 e. The van der Waals surface area contributed by atoms with E-state index in [0.717, 1.165) is 30.4 Å². The molecule has 0 spiro atoms. The topological polar surface area (TPSA) is 29.5 Å². The van der Waals surface area contributed by atoms with Gasteiger partial charge >= 0.3 is 0 Å². The van der Waals surface area contributed by atoms with Crippen LogP contribution < -0.4 is 0 Å². The fourth-order valence-corrected chi connectivity index (χ4v) is 2.37. The van der Waals surface area contributed by atoms with Crippen LogP contribution in [0, 0.1) is 0 Å². The summed E-state index contributed by atoms with van der Waals surface area (Å²) in [5.41, 5.74) is 3.41. The first-order valence-corrected chi connectivity index (χ1v) is 7.09. The van der Waals surface area contributed by atoms with E-state index < -0.39 is 6.10 Å². The van der Waals surface area contributed by atoms with Gasteiger partial charge in [-0.2, -0.15) is 0 Å². The zero-order chi connectivity index (χ0) is 14.2. The summed E-state index contributed by atoms with van der Waals surface area (Å²) in [6.45, 7) is 0.588. The number of ether oxygens (including phenoxy) is 1. The number of rotatable bonds is 7. The third-order valence-corrected chi connectivity index (χ3v) is 3.43. The molecule has 1 atom stereocenters. The SMILES string of the molecule is COCc1cccc(C(O)CCCc2ccccc2)c1. The number of hydrogen-bond acceptors (Lipinski definition) is 2. The van der Waals surface area contributed by atoms with Gasteiger partial charge in [0.2, 0.25) is 0 Å². The maximum absolute atomic E-state index is 10.3. The molecule has 0 aromatic heterocycles. The molecule has 0 heterocycles. The van der Waals surface area contributed by atoms with Gasteiger partial charge in [0.25, 0.3) is 0 Å². The Morgan fingerprint density at radius 2 is 1.75 bits per heavy atom. The molecule has 2 nitrogen and oxygen atoms in total. The highest BCUT2D eigenvalue weighted by Crippen LogP contribution is 2.20. The van der Waals surface area contributed by atoms with Crippen molar-refractivity contribution in [1.29, 1.82) is 0 Å². The molecule has 106 valence electrons. The quantitative estimate of drug-likeness (QED) is 0.827. The number of hydrogen-bond donors (Lipinski definition) is 1. The van der Waals surface area contributed by atoms with Crippen LogP contribution >= 0.6 is 0 Å². The summed E-state index contributed by atoms with van der Waals surface area (Å²) in [7, 11) is 1.68. The van der Waals surface area contributed by atoms with E-state index in [0.29, 0.717) is 6.61 Å². The van der Waals surface area contributed by atoms with E-state index >= 15 is 0 Å². The molecule has 0 aliphatic heterocycles. The second kappa shape index (κ2) is 7.83. The Bertz CT molecular complexity index is 508. The minimum absolute atomic E-state index is 0.393. The zero-order valence-corrected chi connectivity index (χ0v) is 12.0. The van der Waals surface area contributed by atoms with Crippen molar-refractivity contribution in [2.24, 2.45) is 0 Å². The molecule has 0 bridgehead atoms. The fourth-order valence-electron chi connectivity index (χ4n) is 2.37. The van der Waals surface area contributed by atoms with Crippen LogP contribution in [0.15, 0.2) is 54.6 Å². The molecule has 2 heteroatoms. The number of aliphatic hydroxyl groups excluding tert-OH is 1. The van der Waals surface area contributed by atoms with Crippen molar-refractivity contribution < 1.29 is 9.84 Å². The van der Waals surface area contributed by atoms with Crippen LogP contribution in [-0.2, 0) is 17.8 Å². The Morgan fingerprint density at radius 3 is 2.50 bits per heavy atom. The standard InChI is InChI=1S/C18H22O2/c1-20-14-16-10-5-11-17(13-16)18(19)12-6-9-15-7-3-2-4-8-15/h2-5,7-8,10-11,13,18-19H,6,9,12,14H2,1H3. The third-order valence-electron chi connectivity index (χ3n) is 3.43. The second-order valence-corrected chi connectivity index (χ2v) is 5.07. The lowest BCUT2D eigenvalue weighted by atomic mass is 10.00. The molecule has 0 saturated carbocycles. The van der Waals surface area contributed by atoms with Crippen molar-refractivity contribution in [2.75, 3.05) is 7.11 Å². The third kappa shape index (κ3) is 4.48. The van der Waals surface area contributed by atoms with E-state index in [1.54, 1.807) is 7.11 Å². The van der Waals surface area contributed by atoms with Gasteiger partial charge in [-0.15, -0.1) is 0 Å². The first kappa shape index (κ1) is 14.8. The average Bonchev–Trinajstić information content (AvgIpc) is 2.49. The van der Waals surface area contributed by atoms with Crippen molar-refractivity contribution in [3.05, 3.63) is 71.3 Å². The number of aliphatic hydroxyl groups is 1. The minimum Gasteiger partial charge on any atom is -0.388 e. The highest BCUT2D eigenvalue weighted by Gasteiger charge is 2.08. The van der Waals surface area contributed by atoms with Gasteiger partial charge < -0.3 is 9.84 Å². The monoisotopic (exact) mass is 270 g/mol. The van der Waals surface area contributed by atoms with Gasteiger partial charge in [0.1, 0.15) is 0 Å². The van der Waals surface area contributed by atoms with Gasteiger partial charge in [0, 0.05) is 7.11 Å². The van der Waals surface area contributed by atoms with Crippen molar-refractivity contribution in [3.63, 3.8) is 0 Å². The van der Waals surface area contributed by atoms with Gasteiger partial charge in [-0.1, -0.05) is 54.6 Å². The van der Waals surface area contributed by atoms with E-state index in [1.807, 2.05) is 30.3 Å². The van der Waals surface area contributed by atoms with Gasteiger partial charge in [-0.3, -0.25) is 0 Å². The van der Waals surface area contributed by atoms with Gasteiger partial charge in [-0.25, -0.2) is 0 Å². The van der Waals surface area contributed by atoms with E-state index in [4.69, 9.17) is 4.74 Å². The lowest BCUT2D eigenvalue weighted by Crippen LogP contribution is -2.00. The molecule has 0 aliphatic rings. The summed E-state index contributed by atoms with van der Waals surface area (Å²) in [5, 5.41) is 10.3. The average molecular weight is 270 g/mol. The molecule has 0 saturated heterocycles. The highest BCUT2D eigenvalue weighted by atomic mass is 16.5. The zero-order valence-electron chi connectivity index (χ0n) is 12.0. The maximum atomic E-state index is 10.3. The summed E-state index contributed by atoms with van der Waals surface area (Å²) >= 11 is 0. The lowest BCUT2D eigenvalue weighted by Gasteiger charge is -2.12. The molecule has 2 rings (SSSR count). The van der Waals surface area contributed by atoms with E-state index in [1.165, 1.54) is 5.56 Å². The van der Waals surface area contributed by atoms with Crippen LogP contribution in [0.5, 0.6) is 0 Å². The van der Waals surface area contributed by atoms with Crippen LogP contribution in [0.4, 0.5) is 0 Å². The Balaban J connectivity index is 1.85. The van der Waals surface area contributed by atoms with Crippen molar-refractivity contribution in [3.8, 4) is 0 Å². The van der Waals surface area contributed by atoms with Crippen LogP contribution in [0.25, 0.3) is 0 Å². The predicted molar refractivity (Wildman–Crippen MR) is 81.5 cm³/mol. The predicted octanol–water partition coefficient (Wildman–Crippen LogP) is 3.89. The molecule has 0 radical (unpaired) electrons. The van der Waals surface area contributed by atoms with Crippen molar-refractivity contribution >= 4 is 0 Å². The second-order valence-electron chi connectivity index (χ2n) is 5.07. The highest BCUT2D eigenvalue weighted by molar-refractivity contribution is 5.24. The van der Waals surface area contributed by atoms with E-state index in [9.17, 15) is 5.11 Å². The fraction of sp³-hybridized carbons (Fsp3) is 0.333. The Kier molecular flexibility index (Phi) is 5.78. The van der Waals surface area contributed by atoms with Crippen LogP contribution in [0.3, 0.4) is 0 Å². The normalized spacial score (nSPS) is 12.3. The molecule has 0 amide bonds. The first-order valence-electron chi connectivity index (χ1n) is 7.09. The molecule has 0 fully saturated rings. The summed E-state index contributed by atoms with van der Waals surface area (Å²) < 4.78 is 5.12. The molecular formula is C18H22O2.